The van der Waals surface area contributed by atoms with Crippen molar-refractivity contribution in [1.82, 2.24) is 15.2 Å². The van der Waals surface area contributed by atoms with Gasteiger partial charge in [0.2, 0.25) is 0 Å². The Morgan fingerprint density at radius 1 is 1.33 bits per heavy atom. The molecule has 0 aromatic carbocycles. The first kappa shape index (κ1) is 7.26. The zero-order chi connectivity index (χ0) is 8.55. The second-order valence-corrected chi connectivity index (χ2v) is 2.42. The lowest BCUT2D eigenvalue weighted by atomic mass is 9.86. The van der Waals surface area contributed by atoms with Crippen LogP contribution in [0.2, 0.25) is 0 Å². The molecule has 0 saturated carbocycles. The summed E-state index contributed by atoms with van der Waals surface area (Å²) in [6.07, 6.45) is 1.62. The normalized spacial score (nSPS) is 10.5. The van der Waals surface area contributed by atoms with Crippen LogP contribution in [0.5, 0.6) is 0 Å². The van der Waals surface area contributed by atoms with Crippen LogP contribution in [0, 0.1) is 0 Å². The standard InChI is InChI=1S/C6H6BN3O2/c11-7(12)5-2-1-4-3-8-10-6(4)9-5/h1-3,11-12H,(H,8,9,10). The van der Waals surface area contributed by atoms with Gasteiger partial charge in [-0.25, -0.2) is 4.98 Å². The molecule has 0 radical (unpaired) electrons. The molecular weight excluding hydrogens is 157 g/mol. The molecule has 0 unspecified atom stereocenters. The summed E-state index contributed by atoms with van der Waals surface area (Å²) in [6.45, 7) is 0. The van der Waals surface area contributed by atoms with Gasteiger partial charge in [0.05, 0.1) is 11.8 Å². The topological polar surface area (TPSA) is 82.0 Å². The van der Waals surface area contributed by atoms with Crippen LogP contribution < -0.4 is 5.59 Å². The van der Waals surface area contributed by atoms with Crippen LogP contribution in [0.1, 0.15) is 0 Å². The zero-order valence-corrected chi connectivity index (χ0v) is 6.10. The molecule has 60 valence electrons. The Hall–Kier alpha value is -1.40. The van der Waals surface area contributed by atoms with Crippen LogP contribution in [-0.2, 0) is 0 Å². The van der Waals surface area contributed by atoms with Crippen molar-refractivity contribution >= 4 is 23.7 Å². The minimum atomic E-state index is -1.53. The van der Waals surface area contributed by atoms with Gasteiger partial charge in [0.1, 0.15) is 0 Å². The molecule has 0 fully saturated rings. The number of aromatic nitrogens is 3. The van der Waals surface area contributed by atoms with E-state index in [9.17, 15) is 0 Å². The number of hydrogen-bond acceptors (Lipinski definition) is 4. The Labute approximate surface area is 68.2 Å². The molecule has 0 aliphatic carbocycles. The Morgan fingerprint density at radius 3 is 2.92 bits per heavy atom. The van der Waals surface area contributed by atoms with Gasteiger partial charge in [-0.1, -0.05) is 0 Å². The zero-order valence-electron chi connectivity index (χ0n) is 6.10. The lowest BCUT2D eigenvalue weighted by molar-refractivity contribution is 0.424. The van der Waals surface area contributed by atoms with Crippen LogP contribution in [0.3, 0.4) is 0 Å². The van der Waals surface area contributed by atoms with Gasteiger partial charge < -0.3 is 10.0 Å². The van der Waals surface area contributed by atoms with Gasteiger partial charge in [-0.15, -0.1) is 0 Å². The molecular formula is C6H6BN3O2. The van der Waals surface area contributed by atoms with Crippen LogP contribution in [0.4, 0.5) is 0 Å². The first-order valence-corrected chi connectivity index (χ1v) is 3.43. The number of pyridine rings is 1. The van der Waals surface area contributed by atoms with Crippen molar-refractivity contribution in [2.45, 2.75) is 0 Å². The minimum Gasteiger partial charge on any atom is -0.422 e. The van der Waals surface area contributed by atoms with Gasteiger partial charge in [-0.3, -0.25) is 5.10 Å². The van der Waals surface area contributed by atoms with Gasteiger partial charge in [-0.2, -0.15) is 5.10 Å². The molecule has 0 bridgehead atoms. The Morgan fingerprint density at radius 2 is 2.17 bits per heavy atom. The molecule has 2 aromatic heterocycles. The lowest BCUT2D eigenvalue weighted by Crippen LogP contribution is -2.32. The molecule has 0 spiro atoms. The number of H-pyrrole nitrogens is 1. The fourth-order valence-corrected chi connectivity index (χ4v) is 0.985. The SMILES string of the molecule is OB(O)c1ccc2cn[nH]c2n1. The Balaban J connectivity index is 2.60. The molecule has 0 aliphatic heterocycles. The molecule has 3 N–H and O–H groups in total. The highest BCUT2D eigenvalue weighted by molar-refractivity contribution is 6.57. The number of aromatic amines is 1. The van der Waals surface area contributed by atoms with Gasteiger partial charge in [-0.05, 0) is 12.1 Å². The summed E-state index contributed by atoms with van der Waals surface area (Å²) >= 11 is 0. The third-order valence-electron chi connectivity index (χ3n) is 1.59. The number of rotatable bonds is 1. The predicted octanol–water partition coefficient (Wildman–Crippen LogP) is -1.36. The summed E-state index contributed by atoms with van der Waals surface area (Å²) in [7, 11) is -1.53. The van der Waals surface area contributed by atoms with E-state index in [0.717, 1.165) is 5.39 Å². The number of nitrogens with one attached hydrogen (secondary N) is 1. The van der Waals surface area contributed by atoms with E-state index >= 15 is 0 Å². The third-order valence-corrected chi connectivity index (χ3v) is 1.59. The smallest absolute Gasteiger partial charge is 0.422 e. The van der Waals surface area contributed by atoms with E-state index in [2.05, 4.69) is 15.2 Å². The van der Waals surface area contributed by atoms with Crippen molar-refractivity contribution in [3.63, 3.8) is 0 Å². The second kappa shape index (κ2) is 2.58. The highest BCUT2D eigenvalue weighted by Crippen LogP contribution is 2.03. The van der Waals surface area contributed by atoms with Crippen LogP contribution in [0.25, 0.3) is 11.0 Å². The molecule has 6 heteroatoms. The summed E-state index contributed by atoms with van der Waals surface area (Å²) in [4.78, 5) is 3.92. The number of hydrogen-bond donors (Lipinski definition) is 3. The maximum Gasteiger partial charge on any atom is 0.508 e. The van der Waals surface area contributed by atoms with E-state index in [0.29, 0.717) is 5.65 Å². The van der Waals surface area contributed by atoms with Crippen molar-refractivity contribution < 1.29 is 10.0 Å². The maximum atomic E-state index is 8.78. The van der Waals surface area contributed by atoms with E-state index < -0.39 is 7.12 Å². The molecule has 5 nitrogen and oxygen atoms in total. The van der Waals surface area contributed by atoms with Crippen molar-refractivity contribution in [2.24, 2.45) is 0 Å². The third kappa shape index (κ3) is 1.07. The largest absolute Gasteiger partial charge is 0.508 e. The first-order chi connectivity index (χ1) is 5.77. The van der Waals surface area contributed by atoms with Crippen LogP contribution in [-0.4, -0.2) is 32.3 Å². The van der Waals surface area contributed by atoms with Crippen molar-refractivity contribution in [2.75, 3.05) is 0 Å². The van der Waals surface area contributed by atoms with Crippen LogP contribution >= 0.6 is 0 Å². The molecule has 0 aliphatic rings. The van der Waals surface area contributed by atoms with Gasteiger partial charge in [0.25, 0.3) is 0 Å². The lowest BCUT2D eigenvalue weighted by Gasteiger charge is -1.96. The Kier molecular flexibility index (Phi) is 1.56. The molecule has 12 heavy (non-hydrogen) atoms. The monoisotopic (exact) mass is 163 g/mol. The molecule has 0 amide bonds. The second-order valence-electron chi connectivity index (χ2n) is 2.42. The van der Waals surface area contributed by atoms with Crippen molar-refractivity contribution in [3.8, 4) is 0 Å². The molecule has 2 heterocycles. The molecule has 2 aromatic rings. The summed E-state index contributed by atoms with van der Waals surface area (Å²) in [5.41, 5.74) is 0.771. The average molecular weight is 163 g/mol. The fraction of sp³-hybridized carbons (Fsp3) is 0. The van der Waals surface area contributed by atoms with E-state index in [1.807, 2.05) is 0 Å². The van der Waals surface area contributed by atoms with Gasteiger partial charge in [0.15, 0.2) is 5.65 Å². The van der Waals surface area contributed by atoms with Gasteiger partial charge >= 0.3 is 7.12 Å². The first-order valence-electron chi connectivity index (χ1n) is 3.43. The highest BCUT2D eigenvalue weighted by Gasteiger charge is 2.12. The van der Waals surface area contributed by atoms with Crippen molar-refractivity contribution in [1.29, 1.82) is 0 Å². The minimum absolute atomic E-state index is 0.215. The number of nitrogens with zero attached hydrogens (tertiary/aromatic N) is 2. The number of fused-ring (bicyclic) bond motifs is 1. The van der Waals surface area contributed by atoms with E-state index in [1.54, 1.807) is 18.3 Å². The van der Waals surface area contributed by atoms with E-state index in [-0.39, 0.29) is 5.59 Å². The quantitative estimate of drug-likeness (QED) is 0.453. The van der Waals surface area contributed by atoms with E-state index in [1.165, 1.54) is 0 Å². The Bertz CT molecular complexity index is 400. The van der Waals surface area contributed by atoms with Crippen molar-refractivity contribution in [3.05, 3.63) is 18.3 Å². The molecule has 0 saturated heterocycles. The summed E-state index contributed by atoms with van der Waals surface area (Å²) in [5.74, 6) is 0. The summed E-state index contributed by atoms with van der Waals surface area (Å²) < 4.78 is 0. The van der Waals surface area contributed by atoms with Gasteiger partial charge in [0, 0.05) is 5.39 Å². The highest BCUT2D eigenvalue weighted by atomic mass is 16.4. The summed E-state index contributed by atoms with van der Waals surface area (Å²) in [6, 6.07) is 3.27. The fourth-order valence-electron chi connectivity index (χ4n) is 0.985. The average Bonchev–Trinajstić information content (AvgIpc) is 2.49. The van der Waals surface area contributed by atoms with Crippen LogP contribution in [0.15, 0.2) is 18.3 Å². The predicted molar refractivity (Wildman–Crippen MR) is 43.7 cm³/mol. The maximum absolute atomic E-state index is 8.78. The summed E-state index contributed by atoms with van der Waals surface area (Å²) in [5, 5.41) is 24.8. The molecule has 2 rings (SSSR count). The molecule has 0 atom stereocenters. The van der Waals surface area contributed by atoms with E-state index in [4.69, 9.17) is 10.0 Å².